The molecule has 0 fully saturated rings. The fourth-order valence-electron chi connectivity index (χ4n) is 2.21. The van der Waals surface area contributed by atoms with Gasteiger partial charge in [0, 0.05) is 17.3 Å². The molecule has 6 heteroatoms. The summed E-state index contributed by atoms with van der Waals surface area (Å²) in [5.41, 5.74) is 3.11. The summed E-state index contributed by atoms with van der Waals surface area (Å²) in [6, 6.07) is 18.7. The lowest BCUT2D eigenvalue weighted by atomic mass is 10.2. The molecule has 1 heterocycles. The lowest BCUT2D eigenvalue weighted by Crippen LogP contribution is -2.24. The summed E-state index contributed by atoms with van der Waals surface area (Å²) in [5, 5.41) is 14.6. The molecule has 0 aliphatic rings. The molecule has 3 rings (SSSR count). The zero-order valence-corrected chi connectivity index (χ0v) is 14.4. The molecule has 25 heavy (non-hydrogen) atoms. The molecule has 126 valence electrons. The van der Waals surface area contributed by atoms with Crippen molar-refractivity contribution in [2.45, 2.75) is 13.5 Å². The summed E-state index contributed by atoms with van der Waals surface area (Å²) < 4.78 is 0. The SMILES string of the molecule is Cc1ccc(Nc2ccc(C(=O)NCc3ccccc3)nn2)cc1Cl. The van der Waals surface area contributed by atoms with E-state index in [1.807, 2.05) is 55.5 Å². The minimum atomic E-state index is -0.263. The van der Waals surface area contributed by atoms with Crippen LogP contribution in [-0.4, -0.2) is 16.1 Å². The highest BCUT2D eigenvalue weighted by molar-refractivity contribution is 6.31. The van der Waals surface area contributed by atoms with E-state index in [9.17, 15) is 4.79 Å². The highest BCUT2D eigenvalue weighted by Crippen LogP contribution is 2.22. The molecule has 0 radical (unpaired) electrons. The van der Waals surface area contributed by atoms with Crippen LogP contribution in [0.1, 0.15) is 21.6 Å². The molecule has 0 aliphatic carbocycles. The minimum Gasteiger partial charge on any atom is -0.347 e. The highest BCUT2D eigenvalue weighted by Gasteiger charge is 2.08. The van der Waals surface area contributed by atoms with Gasteiger partial charge in [0.25, 0.3) is 5.91 Å². The number of aromatic nitrogens is 2. The normalized spacial score (nSPS) is 10.3. The van der Waals surface area contributed by atoms with E-state index < -0.39 is 0 Å². The Morgan fingerprint density at radius 3 is 2.52 bits per heavy atom. The van der Waals surface area contributed by atoms with E-state index in [0.717, 1.165) is 16.8 Å². The van der Waals surface area contributed by atoms with E-state index in [1.165, 1.54) is 0 Å². The van der Waals surface area contributed by atoms with Gasteiger partial charge < -0.3 is 10.6 Å². The van der Waals surface area contributed by atoms with E-state index in [1.54, 1.807) is 12.1 Å². The lowest BCUT2D eigenvalue weighted by Gasteiger charge is -2.08. The zero-order chi connectivity index (χ0) is 17.6. The average molecular weight is 353 g/mol. The van der Waals surface area contributed by atoms with Gasteiger partial charge in [-0.2, -0.15) is 0 Å². The standard InChI is InChI=1S/C19H17ClN4O/c1-13-7-8-15(11-16(13)20)22-18-10-9-17(23-24-18)19(25)21-12-14-5-3-2-4-6-14/h2-11H,12H2,1H3,(H,21,25)(H,22,24). The van der Waals surface area contributed by atoms with Crippen LogP contribution in [0, 0.1) is 6.92 Å². The Bertz CT molecular complexity index is 866. The van der Waals surface area contributed by atoms with Crippen LogP contribution in [0.5, 0.6) is 0 Å². The van der Waals surface area contributed by atoms with Crippen LogP contribution in [0.4, 0.5) is 11.5 Å². The number of nitrogens with zero attached hydrogens (tertiary/aromatic N) is 2. The van der Waals surface area contributed by atoms with Crippen molar-refractivity contribution in [2.75, 3.05) is 5.32 Å². The summed E-state index contributed by atoms with van der Waals surface area (Å²) >= 11 is 6.10. The molecule has 0 spiro atoms. The van der Waals surface area contributed by atoms with Crippen molar-refractivity contribution >= 4 is 29.0 Å². The van der Waals surface area contributed by atoms with Gasteiger partial charge in [-0.25, -0.2) is 0 Å². The molecule has 3 aromatic rings. The van der Waals surface area contributed by atoms with Gasteiger partial charge in [0.1, 0.15) is 0 Å². The van der Waals surface area contributed by atoms with Gasteiger partial charge in [-0.15, -0.1) is 10.2 Å². The molecule has 2 aromatic carbocycles. The maximum atomic E-state index is 12.1. The maximum Gasteiger partial charge on any atom is 0.272 e. The van der Waals surface area contributed by atoms with Crippen molar-refractivity contribution < 1.29 is 4.79 Å². The average Bonchev–Trinajstić information content (AvgIpc) is 2.64. The van der Waals surface area contributed by atoms with Crippen LogP contribution in [0.3, 0.4) is 0 Å². The van der Waals surface area contributed by atoms with Gasteiger partial charge in [0.15, 0.2) is 11.5 Å². The van der Waals surface area contributed by atoms with E-state index in [4.69, 9.17) is 11.6 Å². The second-order valence-electron chi connectivity index (χ2n) is 5.56. The molecule has 0 unspecified atom stereocenters. The second-order valence-corrected chi connectivity index (χ2v) is 5.97. The first-order chi connectivity index (χ1) is 12.1. The van der Waals surface area contributed by atoms with E-state index >= 15 is 0 Å². The van der Waals surface area contributed by atoms with Gasteiger partial charge in [-0.1, -0.05) is 48.0 Å². The fourth-order valence-corrected chi connectivity index (χ4v) is 2.39. The lowest BCUT2D eigenvalue weighted by molar-refractivity contribution is 0.0945. The van der Waals surface area contributed by atoms with Crippen LogP contribution < -0.4 is 10.6 Å². The van der Waals surface area contributed by atoms with Crippen LogP contribution in [0.2, 0.25) is 5.02 Å². The molecule has 0 atom stereocenters. The Labute approximate surface area is 151 Å². The summed E-state index contributed by atoms with van der Waals surface area (Å²) in [6.07, 6.45) is 0. The van der Waals surface area contributed by atoms with Gasteiger partial charge in [0.2, 0.25) is 0 Å². The fraction of sp³-hybridized carbons (Fsp3) is 0.105. The van der Waals surface area contributed by atoms with E-state index in [-0.39, 0.29) is 11.6 Å². The molecular formula is C19H17ClN4O. The van der Waals surface area contributed by atoms with Gasteiger partial charge in [-0.3, -0.25) is 4.79 Å². The van der Waals surface area contributed by atoms with E-state index in [0.29, 0.717) is 17.4 Å². The number of aryl methyl sites for hydroxylation is 1. The molecule has 0 aliphatic heterocycles. The molecule has 0 saturated carbocycles. The Hall–Kier alpha value is -2.92. The van der Waals surface area contributed by atoms with Crippen molar-refractivity contribution in [3.63, 3.8) is 0 Å². The number of hydrogen-bond acceptors (Lipinski definition) is 4. The first kappa shape index (κ1) is 16.9. The van der Waals surface area contributed by atoms with Crippen LogP contribution in [0.25, 0.3) is 0 Å². The number of halogens is 1. The van der Waals surface area contributed by atoms with Crippen molar-refractivity contribution in [3.8, 4) is 0 Å². The van der Waals surface area contributed by atoms with E-state index in [2.05, 4.69) is 20.8 Å². The van der Waals surface area contributed by atoms with Gasteiger partial charge >= 0.3 is 0 Å². The number of nitrogens with one attached hydrogen (secondary N) is 2. The molecule has 1 aromatic heterocycles. The summed E-state index contributed by atoms with van der Waals surface area (Å²) in [4.78, 5) is 12.1. The minimum absolute atomic E-state index is 0.263. The first-order valence-corrected chi connectivity index (χ1v) is 8.18. The quantitative estimate of drug-likeness (QED) is 0.725. The Kier molecular flexibility index (Phi) is 5.26. The molecule has 0 bridgehead atoms. The highest BCUT2D eigenvalue weighted by atomic mass is 35.5. The molecule has 5 nitrogen and oxygen atoms in total. The smallest absolute Gasteiger partial charge is 0.272 e. The maximum absolute atomic E-state index is 12.1. The summed E-state index contributed by atoms with van der Waals surface area (Å²) in [6.45, 7) is 2.39. The number of amides is 1. The third-order valence-corrected chi connectivity index (χ3v) is 4.04. The molecular weight excluding hydrogens is 336 g/mol. The Morgan fingerprint density at radius 1 is 1.04 bits per heavy atom. The zero-order valence-electron chi connectivity index (χ0n) is 13.7. The molecule has 1 amide bonds. The number of hydrogen-bond donors (Lipinski definition) is 2. The van der Waals surface area contributed by atoms with Gasteiger partial charge in [-0.05, 0) is 42.3 Å². The predicted molar refractivity (Wildman–Crippen MR) is 99.1 cm³/mol. The largest absolute Gasteiger partial charge is 0.347 e. The topological polar surface area (TPSA) is 66.9 Å². The molecule has 0 saturated heterocycles. The number of carbonyl (C=O) groups excluding carboxylic acids is 1. The first-order valence-electron chi connectivity index (χ1n) is 7.81. The predicted octanol–water partition coefficient (Wildman–Crippen LogP) is 4.11. The number of carbonyl (C=O) groups is 1. The van der Waals surface area contributed by atoms with Crippen LogP contribution in [-0.2, 0) is 6.54 Å². The van der Waals surface area contributed by atoms with Crippen LogP contribution >= 0.6 is 11.6 Å². The van der Waals surface area contributed by atoms with Crippen LogP contribution in [0.15, 0.2) is 60.7 Å². The van der Waals surface area contributed by atoms with Gasteiger partial charge in [0.05, 0.1) is 0 Å². The van der Waals surface area contributed by atoms with Crippen molar-refractivity contribution in [1.82, 2.24) is 15.5 Å². The number of rotatable bonds is 5. The third-order valence-electron chi connectivity index (χ3n) is 3.64. The molecule has 2 N–H and O–H groups in total. The third kappa shape index (κ3) is 4.55. The monoisotopic (exact) mass is 352 g/mol. The van der Waals surface area contributed by atoms with Crippen molar-refractivity contribution in [2.24, 2.45) is 0 Å². The second kappa shape index (κ2) is 7.77. The van der Waals surface area contributed by atoms with Crippen molar-refractivity contribution in [1.29, 1.82) is 0 Å². The Balaban J connectivity index is 1.61. The summed E-state index contributed by atoms with van der Waals surface area (Å²) in [7, 11) is 0. The van der Waals surface area contributed by atoms with Crippen molar-refractivity contribution in [3.05, 3.63) is 82.5 Å². The number of anilines is 2. The Morgan fingerprint density at radius 2 is 1.84 bits per heavy atom. The summed E-state index contributed by atoms with van der Waals surface area (Å²) in [5.74, 6) is 0.279. The number of benzene rings is 2.